The molecule has 1 aromatic heterocycles. The largest absolute Gasteiger partial charge is 0.494 e. The van der Waals surface area contributed by atoms with Gasteiger partial charge in [-0.3, -0.25) is 4.68 Å². The molecule has 0 fully saturated rings. The Hall–Kier alpha value is -1.33. The quantitative estimate of drug-likeness (QED) is 0.876. The Morgan fingerprint density at radius 2 is 2.20 bits per heavy atom. The number of benzene rings is 1. The Balaban J connectivity index is 2.33. The van der Waals surface area contributed by atoms with Gasteiger partial charge in [0.1, 0.15) is 11.9 Å². The first-order valence-electron chi connectivity index (χ1n) is 6.79. The second-order valence-electron chi connectivity index (χ2n) is 4.51. The molecule has 1 atom stereocenters. The lowest BCUT2D eigenvalue weighted by Gasteiger charge is -2.15. The molecule has 0 radical (unpaired) electrons. The molecule has 0 amide bonds. The van der Waals surface area contributed by atoms with E-state index in [0.29, 0.717) is 6.61 Å². The van der Waals surface area contributed by atoms with Gasteiger partial charge >= 0.3 is 0 Å². The van der Waals surface area contributed by atoms with E-state index in [1.54, 1.807) is 6.20 Å². The summed E-state index contributed by atoms with van der Waals surface area (Å²) in [5.41, 5.74) is 1.58. The molecule has 0 aliphatic heterocycles. The molecule has 108 valence electrons. The van der Waals surface area contributed by atoms with Crippen LogP contribution in [0.15, 0.2) is 34.9 Å². The molecular weight excluding hydrogens is 320 g/mol. The van der Waals surface area contributed by atoms with Gasteiger partial charge in [-0.15, -0.1) is 0 Å². The summed E-state index contributed by atoms with van der Waals surface area (Å²) < 4.78 is 8.13. The van der Waals surface area contributed by atoms with Gasteiger partial charge in [-0.25, -0.2) is 0 Å². The third-order valence-electron chi connectivity index (χ3n) is 3.01. The Bertz CT molecular complexity index is 569. The minimum absolute atomic E-state index is 0.608. The molecule has 0 aliphatic carbocycles. The molecule has 1 unspecified atom stereocenters. The maximum absolute atomic E-state index is 10.6. The number of aliphatic hydroxyl groups is 1. The van der Waals surface area contributed by atoms with Crippen molar-refractivity contribution in [2.75, 3.05) is 6.61 Å². The van der Waals surface area contributed by atoms with Crippen LogP contribution in [0.1, 0.15) is 37.6 Å². The summed E-state index contributed by atoms with van der Waals surface area (Å²) in [6.07, 6.45) is 1.96. The maximum atomic E-state index is 10.6. The number of aryl methyl sites for hydroxylation is 1. The first-order valence-corrected chi connectivity index (χ1v) is 7.58. The Morgan fingerprint density at radius 3 is 2.90 bits per heavy atom. The SMILES string of the molecule is CCCn1ncc(Br)c1C(O)c1cccc(OCC)c1. The number of nitrogens with zero attached hydrogens (tertiary/aromatic N) is 2. The van der Waals surface area contributed by atoms with Crippen molar-refractivity contribution < 1.29 is 9.84 Å². The van der Waals surface area contributed by atoms with Crippen LogP contribution in [0.3, 0.4) is 0 Å². The van der Waals surface area contributed by atoms with Crippen LogP contribution in [0.2, 0.25) is 0 Å². The summed E-state index contributed by atoms with van der Waals surface area (Å²) in [6.45, 7) is 5.41. The van der Waals surface area contributed by atoms with Crippen LogP contribution < -0.4 is 4.74 Å². The second-order valence-corrected chi connectivity index (χ2v) is 5.36. The van der Waals surface area contributed by atoms with Crippen molar-refractivity contribution in [1.82, 2.24) is 9.78 Å². The molecule has 5 heteroatoms. The van der Waals surface area contributed by atoms with Crippen LogP contribution in [-0.4, -0.2) is 21.5 Å². The molecule has 0 saturated carbocycles. The van der Waals surface area contributed by atoms with Crippen LogP contribution in [0.25, 0.3) is 0 Å². The van der Waals surface area contributed by atoms with Gasteiger partial charge in [-0.1, -0.05) is 19.1 Å². The number of hydrogen-bond donors (Lipinski definition) is 1. The third-order valence-corrected chi connectivity index (χ3v) is 3.62. The number of aromatic nitrogens is 2. The summed E-state index contributed by atoms with van der Waals surface area (Å²) >= 11 is 3.46. The molecule has 1 N–H and O–H groups in total. The molecule has 0 bridgehead atoms. The van der Waals surface area contributed by atoms with Gasteiger partial charge in [0.2, 0.25) is 0 Å². The van der Waals surface area contributed by atoms with Crippen molar-refractivity contribution >= 4 is 15.9 Å². The molecule has 1 heterocycles. The second kappa shape index (κ2) is 6.90. The standard InChI is InChI=1S/C15H19BrN2O2/c1-3-8-18-14(13(16)10-17-18)15(19)11-6-5-7-12(9-11)20-4-2/h5-7,9-10,15,19H,3-4,8H2,1-2H3. The molecule has 0 aliphatic rings. The summed E-state index contributed by atoms with van der Waals surface area (Å²) in [6, 6.07) is 7.53. The Kier molecular flexibility index (Phi) is 5.20. The van der Waals surface area contributed by atoms with Gasteiger partial charge in [0, 0.05) is 6.54 Å². The topological polar surface area (TPSA) is 47.3 Å². The summed E-state index contributed by atoms with van der Waals surface area (Å²) in [4.78, 5) is 0. The lowest BCUT2D eigenvalue weighted by Crippen LogP contribution is -2.10. The van der Waals surface area contributed by atoms with E-state index in [1.807, 2.05) is 35.9 Å². The van der Waals surface area contributed by atoms with Crippen molar-refractivity contribution in [1.29, 1.82) is 0 Å². The van der Waals surface area contributed by atoms with Crippen molar-refractivity contribution in [2.24, 2.45) is 0 Å². The average Bonchev–Trinajstić information content (AvgIpc) is 2.80. The normalized spacial score (nSPS) is 12.4. The van der Waals surface area contributed by atoms with E-state index < -0.39 is 6.10 Å². The maximum Gasteiger partial charge on any atom is 0.122 e. The van der Waals surface area contributed by atoms with E-state index in [1.165, 1.54) is 0 Å². The molecule has 0 spiro atoms. The molecule has 1 aromatic carbocycles. The van der Waals surface area contributed by atoms with E-state index in [0.717, 1.165) is 34.4 Å². The average molecular weight is 339 g/mol. The lowest BCUT2D eigenvalue weighted by atomic mass is 10.1. The Morgan fingerprint density at radius 1 is 1.40 bits per heavy atom. The highest BCUT2D eigenvalue weighted by Gasteiger charge is 2.19. The van der Waals surface area contributed by atoms with Gasteiger partial charge in [0.15, 0.2) is 0 Å². The highest BCUT2D eigenvalue weighted by atomic mass is 79.9. The van der Waals surface area contributed by atoms with Crippen molar-refractivity contribution in [3.05, 3.63) is 46.2 Å². The number of halogens is 1. The van der Waals surface area contributed by atoms with E-state index in [2.05, 4.69) is 28.0 Å². The molecule has 20 heavy (non-hydrogen) atoms. The first kappa shape index (κ1) is 15.1. The van der Waals surface area contributed by atoms with Crippen LogP contribution in [-0.2, 0) is 6.54 Å². The predicted octanol–water partition coefficient (Wildman–Crippen LogP) is 3.54. The zero-order chi connectivity index (χ0) is 14.5. The number of aliphatic hydroxyl groups excluding tert-OH is 1. The minimum atomic E-state index is -0.723. The van der Waals surface area contributed by atoms with Gasteiger partial charge < -0.3 is 9.84 Å². The van der Waals surface area contributed by atoms with Crippen LogP contribution >= 0.6 is 15.9 Å². The van der Waals surface area contributed by atoms with Gasteiger partial charge in [-0.2, -0.15) is 5.10 Å². The zero-order valence-electron chi connectivity index (χ0n) is 11.7. The number of rotatable bonds is 6. The molecule has 4 nitrogen and oxygen atoms in total. The van der Waals surface area contributed by atoms with E-state index in [-0.39, 0.29) is 0 Å². The smallest absolute Gasteiger partial charge is 0.122 e. The van der Waals surface area contributed by atoms with E-state index in [4.69, 9.17) is 4.74 Å². The molecule has 0 saturated heterocycles. The first-order chi connectivity index (χ1) is 9.67. The minimum Gasteiger partial charge on any atom is -0.494 e. The van der Waals surface area contributed by atoms with Crippen molar-refractivity contribution in [2.45, 2.75) is 32.9 Å². The summed E-state index contributed by atoms with van der Waals surface area (Å²) in [5.74, 6) is 0.765. The lowest BCUT2D eigenvalue weighted by molar-refractivity contribution is 0.206. The number of hydrogen-bond acceptors (Lipinski definition) is 3. The van der Waals surface area contributed by atoms with E-state index >= 15 is 0 Å². The molecule has 2 rings (SSSR count). The Labute approximate surface area is 127 Å². The van der Waals surface area contributed by atoms with Gasteiger partial charge in [0.05, 0.1) is 23.0 Å². The highest BCUT2D eigenvalue weighted by molar-refractivity contribution is 9.10. The predicted molar refractivity (Wildman–Crippen MR) is 81.9 cm³/mol. The summed E-state index contributed by atoms with van der Waals surface area (Å²) in [5, 5.41) is 14.9. The van der Waals surface area contributed by atoms with Crippen LogP contribution in [0.4, 0.5) is 0 Å². The van der Waals surface area contributed by atoms with Gasteiger partial charge in [0.25, 0.3) is 0 Å². The molecular formula is C15H19BrN2O2. The monoisotopic (exact) mass is 338 g/mol. The fourth-order valence-corrected chi connectivity index (χ4v) is 2.65. The summed E-state index contributed by atoms with van der Waals surface area (Å²) in [7, 11) is 0. The fraction of sp³-hybridized carbons (Fsp3) is 0.400. The number of ether oxygens (including phenoxy) is 1. The van der Waals surface area contributed by atoms with Crippen LogP contribution in [0, 0.1) is 0 Å². The highest BCUT2D eigenvalue weighted by Crippen LogP contribution is 2.30. The van der Waals surface area contributed by atoms with E-state index in [9.17, 15) is 5.11 Å². The fourth-order valence-electron chi connectivity index (χ4n) is 2.13. The van der Waals surface area contributed by atoms with Crippen molar-refractivity contribution in [3.63, 3.8) is 0 Å². The van der Waals surface area contributed by atoms with Gasteiger partial charge in [-0.05, 0) is 47.0 Å². The van der Waals surface area contributed by atoms with Crippen LogP contribution in [0.5, 0.6) is 5.75 Å². The molecule has 2 aromatic rings. The zero-order valence-corrected chi connectivity index (χ0v) is 13.3. The van der Waals surface area contributed by atoms with Crippen molar-refractivity contribution in [3.8, 4) is 5.75 Å². The third kappa shape index (κ3) is 3.22.